The van der Waals surface area contributed by atoms with Crippen LogP contribution in [0, 0.1) is 0 Å². The second kappa shape index (κ2) is 5.81. The zero-order chi connectivity index (χ0) is 15.7. The highest BCUT2D eigenvalue weighted by atomic mass is 35.5. The van der Waals surface area contributed by atoms with Crippen LogP contribution < -0.4 is 10.2 Å². The summed E-state index contributed by atoms with van der Waals surface area (Å²) in [5, 5.41) is 6.94. The van der Waals surface area contributed by atoms with E-state index in [9.17, 15) is 9.59 Å². The number of fused-ring (bicyclic) bond motifs is 2. The molecule has 3 rings (SSSR count). The lowest BCUT2D eigenvalue weighted by molar-refractivity contribution is -0.117. The maximum atomic E-state index is 12.6. The number of carbonyl (C=O) groups is 2. The maximum Gasteiger partial charge on any atom is 0.276 e. The molecule has 0 saturated heterocycles. The summed E-state index contributed by atoms with van der Waals surface area (Å²) in [4.78, 5) is 26.6. The first kappa shape index (κ1) is 14.6. The van der Waals surface area contributed by atoms with E-state index in [0.717, 1.165) is 0 Å². The highest BCUT2D eigenvalue weighted by molar-refractivity contribution is 6.18. The molecule has 1 aliphatic heterocycles. The van der Waals surface area contributed by atoms with E-state index in [2.05, 4.69) is 10.4 Å². The fourth-order valence-corrected chi connectivity index (χ4v) is 2.67. The highest BCUT2D eigenvalue weighted by Gasteiger charge is 2.31. The van der Waals surface area contributed by atoms with Crippen LogP contribution in [0.1, 0.15) is 23.3 Å². The number of alkyl halides is 1. The Bertz CT molecular complexity index is 741. The molecule has 0 bridgehead atoms. The second-order valence-electron chi connectivity index (χ2n) is 4.99. The molecule has 0 radical (unpaired) electrons. The lowest BCUT2D eigenvalue weighted by Gasteiger charge is -2.22. The van der Waals surface area contributed by atoms with Crippen molar-refractivity contribution < 1.29 is 9.59 Å². The molecule has 0 spiro atoms. The Morgan fingerprint density at radius 2 is 2.09 bits per heavy atom. The van der Waals surface area contributed by atoms with Crippen LogP contribution in [0.2, 0.25) is 0 Å². The van der Waals surface area contributed by atoms with Gasteiger partial charge in [0.1, 0.15) is 5.69 Å². The van der Waals surface area contributed by atoms with Crippen molar-refractivity contribution in [1.82, 2.24) is 9.78 Å². The molecule has 1 aromatic heterocycles. The number of halogens is 1. The average Bonchev–Trinajstić information content (AvgIpc) is 2.82. The van der Waals surface area contributed by atoms with Gasteiger partial charge in [0.2, 0.25) is 5.91 Å². The first-order valence-corrected chi connectivity index (χ1v) is 7.48. The number of nitrogens with one attached hydrogen (secondary N) is 1. The smallest absolute Gasteiger partial charge is 0.276 e. The average molecular weight is 319 g/mol. The molecular formula is C15H15ClN4O2. The van der Waals surface area contributed by atoms with Gasteiger partial charge in [-0.3, -0.25) is 19.2 Å². The number of aryl methyl sites for hydroxylation is 1. The van der Waals surface area contributed by atoms with Crippen molar-refractivity contribution in [2.75, 3.05) is 16.1 Å². The molecule has 1 aliphatic rings. The van der Waals surface area contributed by atoms with E-state index in [4.69, 9.17) is 11.6 Å². The van der Waals surface area contributed by atoms with Crippen molar-refractivity contribution in [1.29, 1.82) is 0 Å². The van der Waals surface area contributed by atoms with Gasteiger partial charge in [-0.15, -0.1) is 11.6 Å². The van der Waals surface area contributed by atoms with E-state index in [0.29, 0.717) is 41.5 Å². The van der Waals surface area contributed by atoms with Gasteiger partial charge in [-0.2, -0.15) is 5.10 Å². The molecule has 0 aliphatic carbocycles. The molecule has 0 saturated carbocycles. The van der Waals surface area contributed by atoms with E-state index in [1.54, 1.807) is 24.1 Å². The zero-order valence-corrected chi connectivity index (χ0v) is 12.8. The van der Waals surface area contributed by atoms with Crippen molar-refractivity contribution >= 4 is 40.5 Å². The fourth-order valence-electron chi connectivity index (χ4n) is 2.54. The van der Waals surface area contributed by atoms with Crippen LogP contribution in [0.5, 0.6) is 0 Å². The van der Waals surface area contributed by atoms with Crippen molar-refractivity contribution in [2.24, 2.45) is 7.05 Å². The molecule has 22 heavy (non-hydrogen) atoms. The first-order valence-electron chi connectivity index (χ1n) is 6.94. The summed E-state index contributed by atoms with van der Waals surface area (Å²) < 4.78 is 1.47. The Hall–Kier alpha value is -2.34. The monoisotopic (exact) mass is 318 g/mol. The van der Waals surface area contributed by atoms with E-state index in [1.165, 1.54) is 10.9 Å². The minimum absolute atomic E-state index is 0.112. The SMILES string of the molecule is Cn1ncc2c1C(=O)Nc1ccccc1N2C(=O)CCCCl. The second-order valence-corrected chi connectivity index (χ2v) is 5.37. The van der Waals surface area contributed by atoms with Gasteiger partial charge in [0, 0.05) is 19.3 Å². The van der Waals surface area contributed by atoms with Crippen LogP contribution in [0.25, 0.3) is 0 Å². The summed E-state index contributed by atoms with van der Waals surface area (Å²) in [5.41, 5.74) is 2.09. The van der Waals surface area contributed by atoms with Gasteiger partial charge in [-0.1, -0.05) is 12.1 Å². The van der Waals surface area contributed by atoms with Crippen LogP contribution in [0.4, 0.5) is 17.1 Å². The molecule has 0 fully saturated rings. The predicted molar refractivity (Wildman–Crippen MR) is 84.7 cm³/mol. The fraction of sp³-hybridized carbons (Fsp3) is 0.267. The van der Waals surface area contributed by atoms with Crippen molar-refractivity contribution in [3.05, 3.63) is 36.2 Å². The van der Waals surface area contributed by atoms with E-state index in [1.807, 2.05) is 12.1 Å². The molecule has 0 atom stereocenters. The topological polar surface area (TPSA) is 67.2 Å². The Kier molecular flexibility index (Phi) is 3.85. The van der Waals surface area contributed by atoms with Crippen molar-refractivity contribution in [3.63, 3.8) is 0 Å². The number of benzene rings is 1. The Morgan fingerprint density at radius 1 is 1.32 bits per heavy atom. The Morgan fingerprint density at radius 3 is 2.86 bits per heavy atom. The van der Waals surface area contributed by atoms with Gasteiger partial charge >= 0.3 is 0 Å². The number of nitrogens with zero attached hydrogens (tertiary/aromatic N) is 3. The number of hydrogen-bond acceptors (Lipinski definition) is 3. The van der Waals surface area contributed by atoms with Crippen LogP contribution >= 0.6 is 11.6 Å². The summed E-state index contributed by atoms with van der Waals surface area (Å²) in [6.45, 7) is 0. The van der Waals surface area contributed by atoms with Gasteiger partial charge in [0.25, 0.3) is 5.91 Å². The van der Waals surface area contributed by atoms with Crippen LogP contribution in [0.3, 0.4) is 0 Å². The predicted octanol–water partition coefficient (Wildman–Crippen LogP) is 2.67. The lowest BCUT2D eigenvalue weighted by Crippen LogP contribution is -2.26. The molecule has 0 unspecified atom stereocenters. The molecule has 1 aromatic carbocycles. The molecule has 6 nitrogen and oxygen atoms in total. The quantitative estimate of drug-likeness (QED) is 0.885. The first-order chi connectivity index (χ1) is 10.6. The minimum Gasteiger partial charge on any atom is -0.319 e. The summed E-state index contributed by atoms with van der Waals surface area (Å²) in [5.74, 6) is 0.0205. The molecule has 2 amide bonds. The summed E-state index contributed by atoms with van der Waals surface area (Å²) in [6, 6.07) is 7.22. The van der Waals surface area contributed by atoms with Crippen LogP contribution in [0.15, 0.2) is 30.5 Å². The maximum absolute atomic E-state index is 12.6. The number of para-hydroxylation sites is 2. The summed E-state index contributed by atoms with van der Waals surface area (Å²) in [7, 11) is 1.68. The van der Waals surface area contributed by atoms with Gasteiger partial charge < -0.3 is 5.32 Å². The normalized spacial score (nSPS) is 13.2. The number of hydrogen-bond donors (Lipinski definition) is 1. The molecule has 2 heterocycles. The lowest BCUT2D eigenvalue weighted by atomic mass is 10.2. The number of carbonyl (C=O) groups excluding carboxylic acids is 2. The zero-order valence-electron chi connectivity index (χ0n) is 12.0. The number of rotatable bonds is 3. The van der Waals surface area contributed by atoms with Gasteiger partial charge in [-0.25, -0.2) is 0 Å². The van der Waals surface area contributed by atoms with Gasteiger partial charge in [0.05, 0.1) is 23.3 Å². The Balaban J connectivity index is 2.16. The third-order valence-electron chi connectivity index (χ3n) is 3.54. The van der Waals surface area contributed by atoms with E-state index >= 15 is 0 Å². The number of amides is 2. The third-order valence-corrected chi connectivity index (χ3v) is 3.81. The van der Waals surface area contributed by atoms with Crippen LogP contribution in [-0.2, 0) is 11.8 Å². The molecule has 2 aromatic rings. The van der Waals surface area contributed by atoms with Crippen molar-refractivity contribution in [3.8, 4) is 0 Å². The third kappa shape index (κ3) is 2.35. The van der Waals surface area contributed by atoms with Crippen LogP contribution in [-0.4, -0.2) is 27.5 Å². The highest BCUT2D eigenvalue weighted by Crippen LogP contribution is 2.37. The van der Waals surface area contributed by atoms with E-state index in [-0.39, 0.29) is 11.8 Å². The molecular weight excluding hydrogens is 304 g/mol. The number of aromatic nitrogens is 2. The largest absolute Gasteiger partial charge is 0.319 e. The van der Waals surface area contributed by atoms with Crippen molar-refractivity contribution in [2.45, 2.75) is 12.8 Å². The van der Waals surface area contributed by atoms with Gasteiger partial charge in [-0.05, 0) is 18.6 Å². The Labute approximate surface area is 132 Å². The standard InChI is InChI=1S/C15H15ClN4O2/c1-19-14-12(9-17-19)20(13(21)7-4-8-16)11-6-3-2-5-10(11)18-15(14)22/h2-3,5-6,9H,4,7-8H2,1H3,(H,18,22). The summed E-state index contributed by atoms with van der Waals surface area (Å²) in [6.07, 6.45) is 2.42. The molecule has 1 N–H and O–H groups in total. The summed E-state index contributed by atoms with van der Waals surface area (Å²) >= 11 is 5.69. The minimum atomic E-state index is -0.282. The molecule has 7 heteroatoms. The molecule has 114 valence electrons. The van der Waals surface area contributed by atoms with Gasteiger partial charge in [0.15, 0.2) is 0 Å². The van der Waals surface area contributed by atoms with E-state index < -0.39 is 0 Å². The number of anilines is 3.